The molecule has 1 nitrogen and oxygen atoms in total. The smallest absolute Gasteiger partial charge is 0.141 e. The maximum atomic E-state index is 11.0. The largest absolute Gasteiger partial charge is 0.299 e. The van der Waals surface area contributed by atoms with E-state index in [1.54, 1.807) is 6.08 Å². The summed E-state index contributed by atoms with van der Waals surface area (Å²) in [5, 5.41) is 0. The van der Waals surface area contributed by atoms with Gasteiger partial charge >= 0.3 is 0 Å². The molecule has 2 radical (unpaired) electrons. The summed E-state index contributed by atoms with van der Waals surface area (Å²) < 4.78 is 0. The molecule has 0 aliphatic heterocycles. The summed E-state index contributed by atoms with van der Waals surface area (Å²) in [5.74, 6) is 0.227. The summed E-state index contributed by atoms with van der Waals surface area (Å²) in [6, 6.07) is 0. The number of Topliss-reactive ketones (excluding diaryl/α,β-unsaturated/α-hetero) is 1. The van der Waals surface area contributed by atoms with E-state index in [2.05, 4.69) is 18.7 Å². The van der Waals surface area contributed by atoms with Gasteiger partial charge in [-0.15, -0.1) is 6.58 Å². The van der Waals surface area contributed by atoms with Gasteiger partial charge in [0, 0.05) is 12.3 Å². The van der Waals surface area contributed by atoms with Crippen LogP contribution in [0.15, 0.2) is 12.7 Å². The van der Waals surface area contributed by atoms with Crippen LogP contribution in [0.3, 0.4) is 0 Å². The van der Waals surface area contributed by atoms with Crippen LogP contribution in [0.5, 0.6) is 0 Å². The maximum Gasteiger partial charge on any atom is 0.141 e. The Morgan fingerprint density at radius 3 is 3.20 bits per heavy atom. The van der Waals surface area contributed by atoms with Crippen LogP contribution in [0.2, 0.25) is 0 Å². The summed E-state index contributed by atoms with van der Waals surface area (Å²) in [6.45, 7) is 3.57. The Labute approximate surface area is 61.4 Å². The number of allylic oxidation sites excluding steroid dienone is 3. The Kier molecular flexibility index (Phi) is 2.43. The molecular weight excluding hydrogens is 124 g/mol. The van der Waals surface area contributed by atoms with Gasteiger partial charge in [-0.2, -0.15) is 0 Å². The van der Waals surface area contributed by atoms with Crippen LogP contribution in [-0.4, -0.2) is 5.78 Å². The van der Waals surface area contributed by atoms with Gasteiger partial charge in [-0.1, -0.05) is 6.08 Å². The summed E-state index contributed by atoms with van der Waals surface area (Å²) in [5.41, 5.74) is 0. The third-order valence-corrected chi connectivity index (χ3v) is 1.56. The standard InChI is InChI=1S/C9H10O/c1-2-5-8-6-3-4-7-9(8)10/h2,8H,1,4-5,7H2. The van der Waals surface area contributed by atoms with Gasteiger partial charge in [0.1, 0.15) is 5.78 Å². The quantitative estimate of drug-likeness (QED) is 0.525. The molecule has 0 saturated heterocycles. The van der Waals surface area contributed by atoms with E-state index in [9.17, 15) is 4.79 Å². The lowest BCUT2D eigenvalue weighted by Crippen LogP contribution is -2.14. The number of hydrogen-bond acceptors (Lipinski definition) is 1. The Hall–Kier alpha value is -0.850. The van der Waals surface area contributed by atoms with E-state index < -0.39 is 0 Å². The van der Waals surface area contributed by atoms with E-state index in [1.807, 2.05) is 0 Å². The SMILES string of the molecule is C=CCC1[C]=[C]CCC1=O. The van der Waals surface area contributed by atoms with Crippen LogP contribution in [0, 0.1) is 18.1 Å². The van der Waals surface area contributed by atoms with E-state index in [-0.39, 0.29) is 11.7 Å². The first-order valence-electron chi connectivity index (χ1n) is 3.46. The third-order valence-electron chi connectivity index (χ3n) is 1.56. The minimum atomic E-state index is -0.0498. The minimum Gasteiger partial charge on any atom is -0.299 e. The average Bonchev–Trinajstić information content (AvgIpc) is 1.94. The van der Waals surface area contributed by atoms with Gasteiger partial charge in [0.25, 0.3) is 0 Å². The molecule has 0 bridgehead atoms. The molecule has 1 aliphatic rings. The minimum absolute atomic E-state index is 0.0498. The molecule has 0 aromatic rings. The fourth-order valence-electron chi connectivity index (χ4n) is 0.993. The third kappa shape index (κ3) is 1.56. The van der Waals surface area contributed by atoms with E-state index in [0.717, 1.165) is 6.42 Å². The molecular formula is C9H10O. The first-order chi connectivity index (χ1) is 4.84. The lowest BCUT2D eigenvalue weighted by atomic mass is 9.92. The molecule has 52 valence electrons. The fourth-order valence-corrected chi connectivity index (χ4v) is 0.993. The number of carbonyl (C=O) groups excluding carboxylic acids is 1. The highest BCUT2D eigenvalue weighted by atomic mass is 16.1. The lowest BCUT2D eigenvalue weighted by Gasteiger charge is -2.10. The van der Waals surface area contributed by atoms with Crippen molar-refractivity contribution in [2.75, 3.05) is 0 Å². The zero-order chi connectivity index (χ0) is 7.40. The van der Waals surface area contributed by atoms with Crippen LogP contribution in [0.1, 0.15) is 19.3 Å². The molecule has 10 heavy (non-hydrogen) atoms. The van der Waals surface area contributed by atoms with Crippen LogP contribution in [0.4, 0.5) is 0 Å². The number of hydrogen-bond donors (Lipinski definition) is 0. The molecule has 0 heterocycles. The molecule has 0 fully saturated rings. The van der Waals surface area contributed by atoms with E-state index >= 15 is 0 Å². The second-order valence-corrected chi connectivity index (χ2v) is 2.36. The van der Waals surface area contributed by atoms with Crippen LogP contribution < -0.4 is 0 Å². The topological polar surface area (TPSA) is 17.1 Å². The van der Waals surface area contributed by atoms with Crippen molar-refractivity contribution < 1.29 is 4.79 Å². The molecule has 0 N–H and O–H groups in total. The molecule has 0 spiro atoms. The van der Waals surface area contributed by atoms with Crippen LogP contribution >= 0.6 is 0 Å². The fraction of sp³-hybridized carbons (Fsp3) is 0.444. The Morgan fingerprint density at radius 2 is 2.60 bits per heavy atom. The summed E-state index contributed by atoms with van der Waals surface area (Å²) in [7, 11) is 0. The molecule has 0 aromatic carbocycles. The van der Waals surface area contributed by atoms with Crippen LogP contribution in [0.25, 0.3) is 0 Å². The Morgan fingerprint density at radius 1 is 1.80 bits per heavy atom. The van der Waals surface area contributed by atoms with Gasteiger partial charge in [0.15, 0.2) is 0 Å². The van der Waals surface area contributed by atoms with Crippen molar-refractivity contribution in [2.45, 2.75) is 19.3 Å². The van der Waals surface area contributed by atoms with Gasteiger partial charge in [-0.25, -0.2) is 0 Å². The van der Waals surface area contributed by atoms with Crippen molar-refractivity contribution in [3.8, 4) is 0 Å². The Bertz CT molecular complexity index is 168. The van der Waals surface area contributed by atoms with E-state index in [4.69, 9.17) is 0 Å². The van der Waals surface area contributed by atoms with Gasteiger partial charge in [0.05, 0.1) is 0 Å². The highest BCUT2D eigenvalue weighted by molar-refractivity contribution is 5.82. The Balaban J connectivity index is 2.54. The van der Waals surface area contributed by atoms with Gasteiger partial charge < -0.3 is 0 Å². The molecule has 0 saturated carbocycles. The average molecular weight is 134 g/mol. The van der Waals surface area contributed by atoms with Crippen LogP contribution in [-0.2, 0) is 4.79 Å². The number of ketones is 1. The predicted molar refractivity (Wildman–Crippen MR) is 39.0 cm³/mol. The van der Waals surface area contributed by atoms with Gasteiger partial charge in [0.2, 0.25) is 0 Å². The van der Waals surface area contributed by atoms with Crippen molar-refractivity contribution in [1.29, 1.82) is 0 Å². The molecule has 0 amide bonds. The van der Waals surface area contributed by atoms with Crippen molar-refractivity contribution in [3.63, 3.8) is 0 Å². The maximum absolute atomic E-state index is 11.0. The highest BCUT2D eigenvalue weighted by Crippen LogP contribution is 2.14. The first-order valence-corrected chi connectivity index (χ1v) is 3.46. The van der Waals surface area contributed by atoms with Gasteiger partial charge in [-0.05, 0) is 25.0 Å². The first kappa shape index (κ1) is 7.26. The second kappa shape index (κ2) is 3.35. The lowest BCUT2D eigenvalue weighted by molar-refractivity contribution is -0.122. The van der Waals surface area contributed by atoms with Crippen molar-refractivity contribution in [1.82, 2.24) is 0 Å². The van der Waals surface area contributed by atoms with Crippen molar-refractivity contribution in [2.24, 2.45) is 5.92 Å². The summed E-state index contributed by atoms with van der Waals surface area (Å²) in [4.78, 5) is 11.0. The second-order valence-electron chi connectivity index (χ2n) is 2.36. The highest BCUT2D eigenvalue weighted by Gasteiger charge is 2.16. The van der Waals surface area contributed by atoms with Crippen molar-refractivity contribution in [3.05, 3.63) is 24.8 Å². The summed E-state index contributed by atoms with van der Waals surface area (Å²) in [6.07, 6.45) is 9.67. The van der Waals surface area contributed by atoms with Crippen molar-refractivity contribution >= 4 is 5.78 Å². The molecule has 1 aliphatic carbocycles. The van der Waals surface area contributed by atoms with E-state index in [0.29, 0.717) is 12.8 Å². The normalized spacial score (nSPS) is 24.8. The zero-order valence-electron chi connectivity index (χ0n) is 5.89. The zero-order valence-corrected chi connectivity index (χ0v) is 5.89. The molecule has 1 rings (SSSR count). The number of carbonyl (C=O) groups is 1. The van der Waals surface area contributed by atoms with E-state index in [1.165, 1.54) is 0 Å². The molecule has 1 heteroatoms. The molecule has 1 atom stereocenters. The van der Waals surface area contributed by atoms with Gasteiger partial charge in [-0.3, -0.25) is 4.79 Å². The monoisotopic (exact) mass is 134 g/mol. The predicted octanol–water partition coefficient (Wildman–Crippen LogP) is 1.70. The molecule has 1 unspecified atom stereocenters. The number of rotatable bonds is 2. The summed E-state index contributed by atoms with van der Waals surface area (Å²) >= 11 is 0. The molecule has 0 aromatic heterocycles.